The Morgan fingerprint density at radius 3 is 2.45 bits per heavy atom. The highest BCUT2D eigenvalue weighted by Crippen LogP contribution is 2.36. The molecule has 0 aliphatic carbocycles. The van der Waals surface area contributed by atoms with Crippen molar-refractivity contribution in [3.05, 3.63) is 24.2 Å². The SMILES string of the molecule is CCNC(=NCC(C)(O)c1ccco1)NC1CC2CCC(C1)N2C(=O)OC(C)(C)C.I. The van der Waals surface area contributed by atoms with Crippen LogP contribution in [0.2, 0.25) is 0 Å². The summed E-state index contributed by atoms with van der Waals surface area (Å²) >= 11 is 0. The Morgan fingerprint density at radius 1 is 1.29 bits per heavy atom. The first-order chi connectivity index (χ1) is 14.1. The van der Waals surface area contributed by atoms with E-state index in [0.29, 0.717) is 11.7 Å². The van der Waals surface area contributed by atoms with E-state index in [4.69, 9.17) is 9.15 Å². The van der Waals surface area contributed by atoms with E-state index in [-0.39, 0.29) is 54.7 Å². The van der Waals surface area contributed by atoms with Crippen LogP contribution in [0.4, 0.5) is 4.79 Å². The molecule has 9 heteroatoms. The van der Waals surface area contributed by atoms with Gasteiger partial charge in [0.2, 0.25) is 0 Å². The smallest absolute Gasteiger partial charge is 0.410 e. The van der Waals surface area contributed by atoms with E-state index in [1.54, 1.807) is 25.3 Å². The largest absolute Gasteiger partial charge is 0.466 e. The molecule has 1 amide bonds. The van der Waals surface area contributed by atoms with Crippen molar-refractivity contribution in [3.63, 3.8) is 0 Å². The van der Waals surface area contributed by atoms with Crippen molar-refractivity contribution in [3.8, 4) is 0 Å². The van der Waals surface area contributed by atoms with Gasteiger partial charge in [-0.1, -0.05) is 0 Å². The van der Waals surface area contributed by atoms with E-state index >= 15 is 0 Å². The van der Waals surface area contributed by atoms with Crippen LogP contribution in [0.3, 0.4) is 0 Å². The first kappa shape index (κ1) is 25.8. The molecular weight excluding hydrogens is 511 g/mol. The number of furan rings is 1. The molecule has 2 saturated heterocycles. The third-order valence-corrected chi connectivity index (χ3v) is 5.62. The summed E-state index contributed by atoms with van der Waals surface area (Å²) < 4.78 is 11.0. The summed E-state index contributed by atoms with van der Waals surface area (Å²) in [7, 11) is 0. The van der Waals surface area contributed by atoms with E-state index in [1.807, 2.05) is 32.6 Å². The molecule has 2 bridgehead atoms. The van der Waals surface area contributed by atoms with Gasteiger partial charge in [0.15, 0.2) is 5.96 Å². The highest BCUT2D eigenvalue weighted by atomic mass is 127. The van der Waals surface area contributed by atoms with Crippen molar-refractivity contribution in [1.29, 1.82) is 0 Å². The van der Waals surface area contributed by atoms with Gasteiger partial charge in [0.1, 0.15) is 17.0 Å². The summed E-state index contributed by atoms with van der Waals surface area (Å²) in [5, 5.41) is 17.4. The third-order valence-electron chi connectivity index (χ3n) is 5.62. The molecule has 0 radical (unpaired) electrons. The second-order valence-electron chi connectivity index (χ2n) is 9.53. The van der Waals surface area contributed by atoms with E-state index in [2.05, 4.69) is 15.6 Å². The van der Waals surface area contributed by atoms with Gasteiger partial charge >= 0.3 is 6.09 Å². The number of carbonyl (C=O) groups excluding carboxylic acids is 1. The number of hydrogen-bond acceptors (Lipinski definition) is 5. The van der Waals surface area contributed by atoms with Crippen LogP contribution in [0.25, 0.3) is 0 Å². The fraction of sp³-hybridized carbons (Fsp3) is 0.727. The molecule has 1 aromatic heterocycles. The lowest BCUT2D eigenvalue weighted by Crippen LogP contribution is -2.55. The van der Waals surface area contributed by atoms with Crippen molar-refractivity contribution in [2.45, 2.75) is 89.6 Å². The lowest BCUT2D eigenvalue weighted by atomic mass is 9.98. The first-order valence-electron chi connectivity index (χ1n) is 10.9. The number of aliphatic hydroxyl groups is 1. The normalized spacial score (nSPS) is 25.4. The van der Waals surface area contributed by atoms with Crippen LogP contribution in [-0.4, -0.2) is 58.9 Å². The third kappa shape index (κ3) is 6.74. The molecule has 3 rings (SSSR count). The molecule has 1 aromatic rings. The van der Waals surface area contributed by atoms with Crippen LogP contribution in [0.5, 0.6) is 0 Å². The number of rotatable bonds is 5. The van der Waals surface area contributed by atoms with E-state index in [0.717, 1.165) is 32.2 Å². The molecule has 0 spiro atoms. The maximum Gasteiger partial charge on any atom is 0.410 e. The summed E-state index contributed by atoms with van der Waals surface area (Å²) in [5.41, 5.74) is -1.66. The van der Waals surface area contributed by atoms with Gasteiger partial charge in [0, 0.05) is 24.7 Å². The number of ether oxygens (including phenoxy) is 1. The summed E-state index contributed by atoms with van der Waals surface area (Å²) in [4.78, 5) is 19.2. The topological polar surface area (TPSA) is 99.3 Å². The van der Waals surface area contributed by atoms with Crippen molar-refractivity contribution in [2.75, 3.05) is 13.1 Å². The average Bonchev–Trinajstić information content (AvgIpc) is 3.26. The molecule has 8 nitrogen and oxygen atoms in total. The number of hydrogen-bond donors (Lipinski definition) is 3. The number of nitrogens with one attached hydrogen (secondary N) is 2. The standard InChI is InChI=1S/C22H36N4O4.HI/c1-6-23-19(24-14-22(5,28)18-8-7-11-29-18)25-15-12-16-9-10-17(13-15)26(16)20(27)30-21(2,3)4;/h7-8,11,15-17,28H,6,9-10,12-14H2,1-5H3,(H2,23,24,25);1H. The van der Waals surface area contributed by atoms with Gasteiger partial charge < -0.3 is 29.8 Å². The van der Waals surface area contributed by atoms with E-state index in [9.17, 15) is 9.90 Å². The molecule has 3 unspecified atom stereocenters. The predicted molar refractivity (Wildman–Crippen MR) is 131 cm³/mol. The lowest BCUT2D eigenvalue weighted by Gasteiger charge is -2.40. The molecule has 3 heterocycles. The number of halogens is 1. The molecule has 0 saturated carbocycles. The molecule has 3 N–H and O–H groups in total. The maximum atomic E-state index is 12.6. The Kier molecular flexibility index (Phi) is 8.66. The Bertz CT molecular complexity index is 731. The van der Waals surface area contributed by atoms with Gasteiger partial charge in [-0.3, -0.25) is 0 Å². The number of fused-ring (bicyclic) bond motifs is 2. The minimum atomic E-state index is -1.18. The number of aliphatic imine (C=N–C) groups is 1. The Balaban J connectivity index is 0.00000341. The summed E-state index contributed by atoms with van der Waals surface area (Å²) in [5.74, 6) is 1.16. The van der Waals surface area contributed by atoms with Gasteiger partial charge in [-0.05, 0) is 72.4 Å². The number of nitrogens with zero attached hydrogens (tertiary/aromatic N) is 2. The molecule has 0 aromatic carbocycles. The van der Waals surface area contributed by atoms with Crippen molar-refractivity contribution in [2.24, 2.45) is 4.99 Å². The number of amides is 1. The molecular formula is C22H37IN4O4. The first-order valence-corrected chi connectivity index (χ1v) is 10.9. The van der Waals surface area contributed by atoms with Gasteiger partial charge in [0.05, 0.1) is 12.8 Å². The Morgan fingerprint density at radius 2 is 1.94 bits per heavy atom. The molecule has 31 heavy (non-hydrogen) atoms. The summed E-state index contributed by atoms with van der Waals surface area (Å²) in [6.07, 6.45) is 5.06. The van der Waals surface area contributed by atoms with Crippen LogP contribution in [-0.2, 0) is 10.3 Å². The number of guanidine groups is 1. The van der Waals surface area contributed by atoms with E-state index < -0.39 is 11.2 Å². The fourth-order valence-corrected chi connectivity index (χ4v) is 4.32. The minimum Gasteiger partial charge on any atom is -0.466 e. The van der Waals surface area contributed by atoms with Gasteiger partial charge in [-0.15, -0.1) is 24.0 Å². The fourth-order valence-electron chi connectivity index (χ4n) is 4.32. The molecule has 2 aliphatic heterocycles. The average molecular weight is 548 g/mol. The van der Waals surface area contributed by atoms with Crippen LogP contribution in [0.1, 0.15) is 66.1 Å². The molecule has 2 fully saturated rings. The second kappa shape index (κ2) is 10.4. The van der Waals surface area contributed by atoms with Crippen molar-refractivity contribution in [1.82, 2.24) is 15.5 Å². The second-order valence-corrected chi connectivity index (χ2v) is 9.53. The van der Waals surface area contributed by atoms with Crippen LogP contribution >= 0.6 is 24.0 Å². The van der Waals surface area contributed by atoms with Crippen LogP contribution in [0.15, 0.2) is 27.8 Å². The van der Waals surface area contributed by atoms with Crippen molar-refractivity contribution < 1.29 is 19.1 Å². The quantitative estimate of drug-likeness (QED) is 0.296. The lowest BCUT2D eigenvalue weighted by molar-refractivity contribution is 0.00540. The zero-order valence-electron chi connectivity index (χ0n) is 19.2. The monoisotopic (exact) mass is 548 g/mol. The minimum absolute atomic E-state index is 0. The maximum absolute atomic E-state index is 12.6. The number of piperidine rings is 1. The molecule has 2 aliphatic rings. The molecule has 3 atom stereocenters. The zero-order chi connectivity index (χ0) is 21.9. The predicted octanol–water partition coefficient (Wildman–Crippen LogP) is 3.59. The van der Waals surface area contributed by atoms with Crippen LogP contribution in [0, 0.1) is 0 Å². The van der Waals surface area contributed by atoms with Gasteiger partial charge in [0.25, 0.3) is 0 Å². The Labute approximate surface area is 202 Å². The summed E-state index contributed by atoms with van der Waals surface area (Å²) in [6, 6.07) is 4.09. The van der Waals surface area contributed by atoms with Crippen LogP contribution < -0.4 is 10.6 Å². The van der Waals surface area contributed by atoms with Gasteiger partial charge in [-0.2, -0.15) is 0 Å². The van der Waals surface area contributed by atoms with E-state index in [1.165, 1.54) is 0 Å². The zero-order valence-corrected chi connectivity index (χ0v) is 21.5. The highest BCUT2D eigenvalue weighted by Gasteiger charge is 2.45. The summed E-state index contributed by atoms with van der Waals surface area (Å²) in [6.45, 7) is 10.3. The Hall–Kier alpha value is -1.49. The van der Waals surface area contributed by atoms with Gasteiger partial charge in [-0.25, -0.2) is 9.79 Å². The van der Waals surface area contributed by atoms with Crippen molar-refractivity contribution >= 4 is 36.0 Å². The molecule has 176 valence electrons. The highest BCUT2D eigenvalue weighted by molar-refractivity contribution is 14.0. The number of carbonyl (C=O) groups is 1.